The summed E-state index contributed by atoms with van der Waals surface area (Å²) < 4.78 is 12.0. The van der Waals surface area contributed by atoms with Crippen LogP contribution in [0.4, 0.5) is 5.69 Å². The van der Waals surface area contributed by atoms with Gasteiger partial charge < -0.3 is 14.1 Å². The van der Waals surface area contributed by atoms with Crippen molar-refractivity contribution < 1.29 is 18.8 Å². The van der Waals surface area contributed by atoms with Crippen LogP contribution in [0.25, 0.3) is 0 Å². The Morgan fingerprint density at radius 3 is 2.31 bits per heavy atom. The minimum atomic E-state index is -1.99. The maximum atomic E-state index is 13.2. The molecule has 162 valence electrons. The average Bonchev–Trinajstić information content (AvgIpc) is 2.67. The Labute approximate surface area is 176 Å². The van der Waals surface area contributed by atoms with Crippen LogP contribution >= 0.6 is 0 Å². The van der Waals surface area contributed by atoms with Crippen molar-refractivity contribution in [2.24, 2.45) is 5.92 Å². The number of benzene rings is 1. The Bertz CT molecular complexity index is 774. The van der Waals surface area contributed by atoms with Gasteiger partial charge in [0.05, 0.1) is 5.69 Å². The molecule has 0 fully saturated rings. The third-order valence-corrected chi connectivity index (χ3v) is 10.2. The summed E-state index contributed by atoms with van der Waals surface area (Å²) >= 11 is 0. The molecule has 1 atom stereocenters. The first kappa shape index (κ1) is 23.5. The van der Waals surface area contributed by atoms with E-state index in [1.54, 1.807) is 4.90 Å². The van der Waals surface area contributed by atoms with E-state index >= 15 is 0 Å². The number of rotatable bonds is 4. The molecular weight excluding hydrogens is 382 g/mol. The SMILES string of the molecule is CCN1C(=O)[C@@H](C(=O)OC(C)(C)C)CCc2ccc(O[Si](C)(C)C(C)(C)C)cc21. The molecule has 0 unspecified atom stereocenters. The van der Waals surface area contributed by atoms with Crippen molar-refractivity contribution in [3.63, 3.8) is 0 Å². The number of carbonyl (C=O) groups is 2. The van der Waals surface area contributed by atoms with Gasteiger partial charge in [-0.3, -0.25) is 9.59 Å². The Morgan fingerprint density at radius 1 is 1.17 bits per heavy atom. The summed E-state index contributed by atoms with van der Waals surface area (Å²) in [4.78, 5) is 27.6. The molecule has 0 saturated heterocycles. The predicted octanol–water partition coefficient (Wildman–Crippen LogP) is 5.33. The first-order valence-corrected chi connectivity index (χ1v) is 13.4. The zero-order chi connectivity index (χ0) is 22.2. The number of fused-ring (bicyclic) bond motifs is 1. The standard InChI is InChI=1S/C23H37NO4Si/c1-10-24-19-15-17(28-29(8,9)23(5,6)7)13-11-16(19)12-14-18(20(24)25)21(26)27-22(2,3)4/h11,13,15,18H,10,12,14H2,1-9H3/t18-/m0/s1. The lowest BCUT2D eigenvalue weighted by molar-refractivity contribution is -0.162. The highest BCUT2D eigenvalue weighted by molar-refractivity contribution is 6.74. The normalized spacial score (nSPS) is 18.2. The Hall–Kier alpha value is -1.82. The molecule has 1 aromatic rings. The van der Waals surface area contributed by atoms with Crippen molar-refractivity contribution in [3.8, 4) is 5.75 Å². The van der Waals surface area contributed by atoms with Crippen LogP contribution in [0.15, 0.2) is 18.2 Å². The molecule has 6 heteroatoms. The van der Waals surface area contributed by atoms with Crippen LogP contribution in [0.1, 0.15) is 60.5 Å². The van der Waals surface area contributed by atoms with E-state index < -0.39 is 25.8 Å². The molecule has 0 radical (unpaired) electrons. The van der Waals surface area contributed by atoms with Crippen LogP contribution in [0, 0.1) is 5.92 Å². The van der Waals surface area contributed by atoms with Crippen molar-refractivity contribution in [2.75, 3.05) is 11.4 Å². The molecule has 1 amide bonds. The molecule has 0 bridgehead atoms. The molecule has 1 aliphatic heterocycles. The van der Waals surface area contributed by atoms with E-state index in [9.17, 15) is 9.59 Å². The summed E-state index contributed by atoms with van der Waals surface area (Å²) in [5, 5.41) is 0.0852. The maximum Gasteiger partial charge on any atom is 0.319 e. The van der Waals surface area contributed by atoms with E-state index in [-0.39, 0.29) is 10.9 Å². The van der Waals surface area contributed by atoms with Crippen LogP contribution in [0.5, 0.6) is 5.75 Å². The number of hydrogen-bond acceptors (Lipinski definition) is 4. The summed E-state index contributed by atoms with van der Waals surface area (Å²) in [6, 6.07) is 5.99. The fourth-order valence-electron chi connectivity index (χ4n) is 3.17. The number of anilines is 1. The van der Waals surface area contributed by atoms with Crippen molar-refractivity contribution in [1.82, 2.24) is 0 Å². The van der Waals surface area contributed by atoms with Gasteiger partial charge in [0.15, 0.2) is 0 Å². The number of amides is 1. The molecule has 0 aromatic heterocycles. The van der Waals surface area contributed by atoms with Crippen LogP contribution in [0.3, 0.4) is 0 Å². The highest BCUT2D eigenvalue weighted by atomic mass is 28.4. The van der Waals surface area contributed by atoms with Crippen molar-refractivity contribution in [3.05, 3.63) is 23.8 Å². The van der Waals surface area contributed by atoms with Crippen molar-refractivity contribution >= 4 is 25.9 Å². The Balaban J connectivity index is 2.35. The first-order chi connectivity index (χ1) is 13.2. The fourth-order valence-corrected chi connectivity index (χ4v) is 4.19. The third-order valence-electron chi connectivity index (χ3n) is 5.80. The minimum absolute atomic E-state index is 0.0852. The molecular formula is C23H37NO4Si. The monoisotopic (exact) mass is 419 g/mol. The summed E-state index contributed by atoms with van der Waals surface area (Å²) in [6.45, 7) is 18.9. The van der Waals surface area contributed by atoms with Crippen molar-refractivity contribution in [1.29, 1.82) is 0 Å². The third kappa shape index (κ3) is 5.41. The number of esters is 1. The highest BCUT2D eigenvalue weighted by Crippen LogP contribution is 2.39. The molecule has 2 rings (SSSR count). The first-order valence-electron chi connectivity index (χ1n) is 10.5. The van der Waals surface area contributed by atoms with Gasteiger partial charge in [-0.05, 0) is 70.3 Å². The van der Waals surface area contributed by atoms with E-state index in [0.717, 1.165) is 17.0 Å². The van der Waals surface area contributed by atoms with E-state index in [0.29, 0.717) is 19.4 Å². The van der Waals surface area contributed by atoms with Gasteiger partial charge in [0.2, 0.25) is 14.2 Å². The predicted molar refractivity (Wildman–Crippen MR) is 120 cm³/mol. The molecule has 0 N–H and O–H groups in total. The van der Waals surface area contributed by atoms with Gasteiger partial charge in [-0.25, -0.2) is 0 Å². The van der Waals surface area contributed by atoms with E-state index in [2.05, 4.69) is 33.9 Å². The molecule has 0 aliphatic carbocycles. The lowest BCUT2D eigenvalue weighted by atomic mass is 10.00. The molecule has 1 aliphatic rings. The van der Waals surface area contributed by atoms with Gasteiger partial charge in [0.25, 0.3) is 0 Å². The van der Waals surface area contributed by atoms with Gasteiger partial charge >= 0.3 is 5.97 Å². The van der Waals surface area contributed by atoms with E-state index in [1.807, 2.05) is 45.9 Å². The van der Waals surface area contributed by atoms with Gasteiger partial charge in [-0.2, -0.15) is 0 Å². The number of nitrogens with zero attached hydrogens (tertiary/aromatic N) is 1. The van der Waals surface area contributed by atoms with E-state index in [1.165, 1.54) is 0 Å². The lowest BCUT2D eigenvalue weighted by Crippen LogP contribution is -2.44. The second-order valence-electron chi connectivity index (χ2n) is 10.4. The molecule has 29 heavy (non-hydrogen) atoms. The summed E-state index contributed by atoms with van der Waals surface area (Å²) in [7, 11) is -1.99. The maximum absolute atomic E-state index is 13.2. The van der Waals surface area contributed by atoms with Crippen LogP contribution < -0.4 is 9.33 Å². The van der Waals surface area contributed by atoms with Gasteiger partial charge in [0.1, 0.15) is 17.3 Å². The fraction of sp³-hybridized carbons (Fsp3) is 0.652. The number of aryl methyl sites for hydroxylation is 1. The van der Waals surface area contributed by atoms with Gasteiger partial charge in [-0.1, -0.05) is 26.8 Å². The van der Waals surface area contributed by atoms with Crippen LogP contribution in [-0.2, 0) is 20.7 Å². The smallest absolute Gasteiger partial charge is 0.319 e. The van der Waals surface area contributed by atoms with Crippen LogP contribution in [0.2, 0.25) is 18.1 Å². The van der Waals surface area contributed by atoms with Gasteiger partial charge in [-0.15, -0.1) is 0 Å². The Kier molecular flexibility index (Phi) is 6.58. The summed E-state index contributed by atoms with van der Waals surface area (Å²) in [5.41, 5.74) is 1.30. The Morgan fingerprint density at radius 2 is 1.79 bits per heavy atom. The molecule has 0 saturated carbocycles. The zero-order valence-electron chi connectivity index (χ0n) is 19.5. The summed E-state index contributed by atoms with van der Waals surface area (Å²) in [5.74, 6) is -0.611. The average molecular weight is 420 g/mol. The largest absolute Gasteiger partial charge is 0.543 e. The zero-order valence-corrected chi connectivity index (χ0v) is 20.5. The molecule has 0 spiro atoms. The topological polar surface area (TPSA) is 55.8 Å². The summed E-state index contributed by atoms with van der Waals surface area (Å²) in [6.07, 6.45) is 1.11. The van der Waals surface area contributed by atoms with Crippen LogP contribution in [-0.4, -0.2) is 32.3 Å². The highest BCUT2D eigenvalue weighted by Gasteiger charge is 2.40. The second kappa shape index (κ2) is 8.13. The number of carbonyl (C=O) groups excluding carboxylic acids is 2. The second-order valence-corrected chi connectivity index (χ2v) is 15.1. The van der Waals surface area contributed by atoms with Gasteiger partial charge in [0, 0.05) is 12.6 Å². The van der Waals surface area contributed by atoms with E-state index in [4.69, 9.17) is 9.16 Å². The van der Waals surface area contributed by atoms with Crippen molar-refractivity contribution in [2.45, 2.75) is 85.0 Å². The lowest BCUT2D eigenvalue weighted by Gasteiger charge is -2.36. The minimum Gasteiger partial charge on any atom is -0.543 e. The molecule has 5 nitrogen and oxygen atoms in total. The molecule has 1 heterocycles. The quantitative estimate of drug-likeness (QED) is 0.376. The molecule has 1 aromatic carbocycles. The number of hydrogen-bond donors (Lipinski definition) is 0. The number of ether oxygens (including phenoxy) is 1.